The summed E-state index contributed by atoms with van der Waals surface area (Å²) in [5.74, 6) is 0.134. The molecule has 1 aromatic rings. The number of benzene rings is 1. The van der Waals surface area contributed by atoms with Gasteiger partial charge in [0.25, 0.3) is 0 Å². The van der Waals surface area contributed by atoms with Crippen molar-refractivity contribution < 1.29 is 15.3 Å². The summed E-state index contributed by atoms with van der Waals surface area (Å²) in [6.45, 7) is 10.5. The first-order chi connectivity index (χ1) is 10.6. The normalized spacial score (nSPS) is 28.5. The van der Waals surface area contributed by atoms with Crippen molar-refractivity contribution in [1.29, 1.82) is 0 Å². The number of phenolic OH excluding ortho intramolecular Hbond substituents is 3. The number of phenols is 3. The molecule has 3 nitrogen and oxygen atoms in total. The van der Waals surface area contributed by atoms with E-state index in [1.54, 1.807) is 0 Å². The Morgan fingerprint density at radius 1 is 1.00 bits per heavy atom. The van der Waals surface area contributed by atoms with E-state index in [4.69, 9.17) is 0 Å². The highest BCUT2D eigenvalue weighted by atomic mass is 16.3. The summed E-state index contributed by atoms with van der Waals surface area (Å²) in [6, 6.07) is 0. The summed E-state index contributed by atoms with van der Waals surface area (Å²) in [4.78, 5) is 0. The van der Waals surface area contributed by atoms with Gasteiger partial charge in [0.05, 0.1) is 0 Å². The number of hydrogen-bond acceptors (Lipinski definition) is 3. The van der Waals surface area contributed by atoms with Crippen molar-refractivity contribution in [2.45, 2.75) is 65.2 Å². The first kappa shape index (κ1) is 16.2. The molecule has 3 N–H and O–H groups in total. The molecule has 1 aromatic carbocycles. The Morgan fingerprint density at radius 2 is 1.65 bits per heavy atom. The van der Waals surface area contributed by atoms with E-state index in [2.05, 4.69) is 26.8 Å². The van der Waals surface area contributed by atoms with Crippen LogP contribution in [0.2, 0.25) is 0 Å². The zero-order valence-electron chi connectivity index (χ0n) is 14.8. The van der Waals surface area contributed by atoms with Gasteiger partial charge in [-0.05, 0) is 30.1 Å². The average Bonchev–Trinajstić information content (AvgIpc) is 2.43. The minimum atomic E-state index is -0.264. The van der Waals surface area contributed by atoms with Crippen LogP contribution in [-0.2, 0) is 5.41 Å². The van der Waals surface area contributed by atoms with Crippen molar-refractivity contribution in [3.63, 3.8) is 0 Å². The number of fused-ring (bicyclic) bond motifs is 3. The van der Waals surface area contributed by atoms with Crippen molar-refractivity contribution in [1.82, 2.24) is 0 Å². The van der Waals surface area contributed by atoms with E-state index in [0.717, 1.165) is 24.8 Å². The van der Waals surface area contributed by atoms with Gasteiger partial charge in [0, 0.05) is 22.1 Å². The Balaban J connectivity index is 2.32. The number of rotatable bonds is 1. The molecule has 0 unspecified atom stereocenters. The fourth-order valence-corrected chi connectivity index (χ4v) is 5.07. The molecule has 2 atom stereocenters. The van der Waals surface area contributed by atoms with E-state index in [0.29, 0.717) is 11.1 Å². The fourth-order valence-electron chi connectivity index (χ4n) is 5.07. The summed E-state index contributed by atoms with van der Waals surface area (Å²) < 4.78 is 0. The number of hydrogen-bond donors (Lipinski definition) is 3. The molecule has 0 radical (unpaired) electrons. The molecule has 3 heteroatoms. The van der Waals surface area contributed by atoms with E-state index in [9.17, 15) is 15.3 Å². The molecule has 3 rings (SSSR count). The molecule has 2 aliphatic carbocycles. The molecule has 126 valence electrons. The molecule has 0 spiro atoms. The van der Waals surface area contributed by atoms with Gasteiger partial charge in [0.15, 0.2) is 11.5 Å². The molecule has 23 heavy (non-hydrogen) atoms. The van der Waals surface area contributed by atoms with Gasteiger partial charge in [-0.1, -0.05) is 53.2 Å². The Morgan fingerprint density at radius 3 is 2.26 bits per heavy atom. The average molecular weight is 316 g/mol. The Kier molecular flexibility index (Phi) is 3.48. The van der Waals surface area contributed by atoms with E-state index < -0.39 is 0 Å². The summed E-state index contributed by atoms with van der Waals surface area (Å²) in [7, 11) is 0. The largest absolute Gasteiger partial charge is 0.507 e. The minimum absolute atomic E-state index is 0.0453. The Hall–Kier alpha value is -1.64. The smallest absolute Gasteiger partial charge is 0.165 e. The maximum absolute atomic E-state index is 10.8. The van der Waals surface area contributed by atoms with Crippen LogP contribution in [0.4, 0.5) is 0 Å². The maximum Gasteiger partial charge on any atom is 0.165 e. The molecule has 0 bridgehead atoms. The van der Waals surface area contributed by atoms with Gasteiger partial charge >= 0.3 is 0 Å². The van der Waals surface area contributed by atoms with Gasteiger partial charge in [0.1, 0.15) is 5.75 Å². The SMILES string of the molecule is CC(C)c1c(O)c(O)c2c(c1O)C=C[C@H]1C(C)(C)CCC[C@]21C. The number of aromatic hydroxyl groups is 3. The maximum atomic E-state index is 10.8. The van der Waals surface area contributed by atoms with Crippen LogP contribution < -0.4 is 0 Å². The van der Waals surface area contributed by atoms with Gasteiger partial charge < -0.3 is 15.3 Å². The van der Waals surface area contributed by atoms with Crippen LogP contribution in [0.15, 0.2) is 6.08 Å². The number of allylic oxidation sites excluding steroid dienone is 1. The molecular formula is C20H28O3. The van der Waals surface area contributed by atoms with Crippen LogP contribution in [0, 0.1) is 11.3 Å². The van der Waals surface area contributed by atoms with E-state index >= 15 is 0 Å². The van der Waals surface area contributed by atoms with E-state index in [1.807, 2.05) is 19.9 Å². The monoisotopic (exact) mass is 316 g/mol. The zero-order chi connectivity index (χ0) is 17.2. The van der Waals surface area contributed by atoms with Crippen LogP contribution >= 0.6 is 0 Å². The molecule has 0 aromatic heterocycles. The van der Waals surface area contributed by atoms with Crippen LogP contribution in [0.3, 0.4) is 0 Å². The van der Waals surface area contributed by atoms with Gasteiger partial charge in [-0.2, -0.15) is 0 Å². The van der Waals surface area contributed by atoms with Crippen molar-refractivity contribution in [2.24, 2.45) is 11.3 Å². The summed E-state index contributed by atoms with van der Waals surface area (Å²) >= 11 is 0. The molecule has 0 amide bonds. The minimum Gasteiger partial charge on any atom is -0.507 e. The molecule has 1 fully saturated rings. The molecular weight excluding hydrogens is 288 g/mol. The van der Waals surface area contributed by atoms with Crippen molar-refractivity contribution >= 4 is 6.08 Å². The van der Waals surface area contributed by atoms with Crippen LogP contribution in [0.25, 0.3) is 6.08 Å². The lowest BCUT2D eigenvalue weighted by atomic mass is 9.52. The second-order valence-electron chi connectivity index (χ2n) is 8.50. The van der Waals surface area contributed by atoms with Crippen molar-refractivity contribution in [3.05, 3.63) is 22.8 Å². The first-order valence-electron chi connectivity index (χ1n) is 8.60. The molecule has 0 saturated heterocycles. The van der Waals surface area contributed by atoms with Gasteiger partial charge in [0.2, 0.25) is 0 Å². The summed E-state index contributed by atoms with van der Waals surface area (Å²) in [5, 5.41) is 32.0. The van der Waals surface area contributed by atoms with Crippen molar-refractivity contribution in [3.8, 4) is 17.2 Å². The predicted molar refractivity (Wildman–Crippen MR) is 93.0 cm³/mol. The second-order valence-corrected chi connectivity index (χ2v) is 8.50. The van der Waals surface area contributed by atoms with Gasteiger partial charge in [-0.15, -0.1) is 0 Å². The van der Waals surface area contributed by atoms with E-state index in [1.165, 1.54) is 0 Å². The Bertz CT molecular complexity index is 685. The molecule has 0 aliphatic heterocycles. The lowest BCUT2D eigenvalue weighted by molar-refractivity contribution is 0.0885. The lowest BCUT2D eigenvalue weighted by Crippen LogP contribution is -2.45. The summed E-state index contributed by atoms with van der Waals surface area (Å²) in [5.41, 5.74) is 1.70. The van der Waals surface area contributed by atoms with Crippen LogP contribution in [0.1, 0.15) is 76.5 Å². The second kappa shape index (κ2) is 4.93. The van der Waals surface area contributed by atoms with Crippen molar-refractivity contribution in [2.75, 3.05) is 0 Å². The molecule has 2 aliphatic rings. The first-order valence-corrected chi connectivity index (χ1v) is 8.60. The third-order valence-corrected chi connectivity index (χ3v) is 6.15. The van der Waals surface area contributed by atoms with Crippen LogP contribution in [0.5, 0.6) is 17.2 Å². The highest BCUT2D eigenvalue weighted by Gasteiger charge is 2.50. The quantitative estimate of drug-likeness (QED) is 0.502. The zero-order valence-corrected chi connectivity index (χ0v) is 14.8. The molecule has 1 saturated carbocycles. The fraction of sp³-hybridized carbons (Fsp3) is 0.600. The Labute approximate surface area is 138 Å². The lowest BCUT2D eigenvalue weighted by Gasteiger charge is -2.52. The van der Waals surface area contributed by atoms with Gasteiger partial charge in [-0.25, -0.2) is 0 Å². The standard InChI is InChI=1S/C20H28O3/c1-11(2)14-16(21)12-7-8-13-19(3,4)9-6-10-20(13,5)15(12)18(23)17(14)22/h7-8,11,13,21-23H,6,9-10H2,1-5H3/t13-,20-/m0/s1. The third kappa shape index (κ3) is 2.09. The predicted octanol–water partition coefficient (Wildman–Crippen LogP) is 5.04. The van der Waals surface area contributed by atoms with Gasteiger partial charge in [-0.3, -0.25) is 0 Å². The highest BCUT2D eigenvalue weighted by molar-refractivity contribution is 5.75. The molecule has 0 heterocycles. The van der Waals surface area contributed by atoms with E-state index in [-0.39, 0.29) is 39.9 Å². The highest BCUT2D eigenvalue weighted by Crippen LogP contribution is 2.61. The summed E-state index contributed by atoms with van der Waals surface area (Å²) in [6.07, 6.45) is 7.32. The third-order valence-electron chi connectivity index (χ3n) is 6.15. The van der Waals surface area contributed by atoms with Crippen LogP contribution in [-0.4, -0.2) is 15.3 Å². The topological polar surface area (TPSA) is 60.7 Å².